The maximum absolute atomic E-state index is 12.7. The Morgan fingerprint density at radius 2 is 1.97 bits per heavy atom. The van der Waals surface area contributed by atoms with Gasteiger partial charge in [-0.05, 0) is 37.8 Å². The fraction of sp³-hybridized carbons (Fsp3) is 0.565. The summed E-state index contributed by atoms with van der Waals surface area (Å²) in [6.45, 7) is 3.26. The zero-order chi connectivity index (χ0) is 28.7. The standard InChI is InChI=1S/C23H31N6O9P/c1-13(22(32)35-9-16-5-6-16)28-39(33)36-11-23(10-24,34-4)20(38-15(3)31)19(37-14(2)30)17-7-8-18-21(25)26-12-27-29(17)18/h7-8,12-13,16,19-20,39H,5-6,9,11H2,1-4H3,(H,28,33)(H2,25,26,27)/t13-,19-,20-,23+/m0/s1. The molecule has 5 atom stereocenters. The van der Waals surface area contributed by atoms with Gasteiger partial charge in [-0.3, -0.25) is 18.9 Å². The van der Waals surface area contributed by atoms with Crippen molar-refractivity contribution in [3.05, 3.63) is 24.2 Å². The molecule has 0 spiro atoms. The maximum Gasteiger partial charge on any atom is 0.323 e. The normalized spacial score (nSPS) is 17.7. The third-order valence-corrected chi connectivity index (χ3v) is 7.02. The zero-order valence-corrected chi connectivity index (χ0v) is 22.9. The average molecular weight is 567 g/mol. The molecule has 0 amide bonds. The number of nitriles is 1. The van der Waals surface area contributed by atoms with E-state index in [1.807, 2.05) is 6.07 Å². The first kappa shape index (κ1) is 30.0. The molecule has 1 aliphatic rings. The van der Waals surface area contributed by atoms with Gasteiger partial charge in [0.2, 0.25) is 5.60 Å². The van der Waals surface area contributed by atoms with Crippen LogP contribution < -0.4 is 10.8 Å². The molecule has 0 radical (unpaired) electrons. The molecule has 3 N–H and O–H groups in total. The van der Waals surface area contributed by atoms with Crippen molar-refractivity contribution >= 4 is 37.4 Å². The zero-order valence-electron chi connectivity index (χ0n) is 21.9. The molecule has 212 valence electrons. The van der Waals surface area contributed by atoms with Gasteiger partial charge in [-0.1, -0.05) is 0 Å². The van der Waals surface area contributed by atoms with Gasteiger partial charge in [-0.25, -0.2) is 14.6 Å². The first-order chi connectivity index (χ1) is 18.5. The number of fused-ring (bicyclic) bond motifs is 1. The fourth-order valence-electron chi connectivity index (χ4n) is 3.68. The first-order valence-corrected chi connectivity index (χ1v) is 13.3. The van der Waals surface area contributed by atoms with Crippen LogP contribution in [-0.2, 0) is 42.4 Å². The van der Waals surface area contributed by atoms with E-state index in [1.165, 1.54) is 23.8 Å². The van der Waals surface area contributed by atoms with E-state index in [9.17, 15) is 24.2 Å². The van der Waals surface area contributed by atoms with E-state index in [1.54, 1.807) is 6.07 Å². The molecule has 0 bridgehead atoms. The molecular formula is C23H31N6O9P. The van der Waals surface area contributed by atoms with Gasteiger partial charge in [0.1, 0.15) is 30.6 Å². The van der Waals surface area contributed by atoms with Crippen molar-refractivity contribution < 1.29 is 42.4 Å². The lowest BCUT2D eigenvalue weighted by Crippen LogP contribution is -2.52. The van der Waals surface area contributed by atoms with Crippen LogP contribution in [0.3, 0.4) is 0 Å². The molecule has 1 saturated carbocycles. The number of hydrogen-bond donors (Lipinski definition) is 2. The Hall–Kier alpha value is -3.57. The third kappa shape index (κ3) is 7.51. The molecule has 1 unspecified atom stereocenters. The van der Waals surface area contributed by atoms with Crippen LogP contribution in [0.2, 0.25) is 0 Å². The van der Waals surface area contributed by atoms with E-state index in [0.29, 0.717) is 18.0 Å². The predicted octanol–water partition coefficient (Wildman–Crippen LogP) is 1.09. The van der Waals surface area contributed by atoms with E-state index in [-0.39, 0.29) is 11.5 Å². The molecule has 16 heteroatoms. The van der Waals surface area contributed by atoms with Crippen molar-refractivity contribution in [1.29, 1.82) is 5.26 Å². The largest absolute Gasteiger partial charge is 0.464 e. The number of carbonyl (C=O) groups is 3. The van der Waals surface area contributed by atoms with Crippen LogP contribution in [0.25, 0.3) is 5.52 Å². The van der Waals surface area contributed by atoms with Crippen molar-refractivity contribution in [1.82, 2.24) is 19.7 Å². The van der Waals surface area contributed by atoms with Gasteiger partial charge in [-0.15, -0.1) is 0 Å². The molecule has 2 aromatic rings. The second-order valence-electron chi connectivity index (χ2n) is 8.98. The lowest BCUT2D eigenvalue weighted by atomic mass is 9.92. The van der Waals surface area contributed by atoms with Crippen molar-refractivity contribution in [3.63, 3.8) is 0 Å². The Labute approximate surface area is 224 Å². The van der Waals surface area contributed by atoms with Crippen LogP contribution in [-0.4, -0.2) is 70.6 Å². The number of nitrogens with two attached hydrogens (primary N) is 1. The summed E-state index contributed by atoms with van der Waals surface area (Å²) in [5.41, 5.74) is 4.31. The fourth-order valence-corrected chi connectivity index (χ4v) is 4.58. The Morgan fingerprint density at radius 1 is 1.28 bits per heavy atom. The monoisotopic (exact) mass is 566 g/mol. The smallest absolute Gasteiger partial charge is 0.323 e. The minimum Gasteiger partial charge on any atom is -0.464 e. The van der Waals surface area contributed by atoms with Gasteiger partial charge in [0.15, 0.2) is 18.0 Å². The van der Waals surface area contributed by atoms with Crippen LogP contribution in [0.1, 0.15) is 45.4 Å². The maximum atomic E-state index is 12.7. The number of methoxy groups -OCH3 is 1. The summed E-state index contributed by atoms with van der Waals surface area (Å²) in [4.78, 5) is 40.3. The van der Waals surface area contributed by atoms with E-state index in [0.717, 1.165) is 33.8 Å². The Balaban J connectivity index is 1.87. The van der Waals surface area contributed by atoms with E-state index >= 15 is 0 Å². The molecule has 15 nitrogen and oxygen atoms in total. The summed E-state index contributed by atoms with van der Waals surface area (Å²) in [7, 11) is -1.99. The number of esters is 3. The van der Waals surface area contributed by atoms with Gasteiger partial charge in [0.25, 0.3) is 8.18 Å². The summed E-state index contributed by atoms with van der Waals surface area (Å²) in [5, 5.41) is 16.8. The van der Waals surface area contributed by atoms with Crippen LogP contribution in [0.5, 0.6) is 0 Å². The number of carbonyl (C=O) groups excluding carboxylic acids is 3. The van der Waals surface area contributed by atoms with Gasteiger partial charge in [-0.2, -0.15) is 10.4 Å². The van der Waals surface area contributed by atoms with Crippen molar-refractivity contribution in [3.8, 4) is 6.07 Å². The molecule has 1 aliphatic carbocycles. The summed E-state index contributed by atoms with van der Waals surface area (Å²) < 4.78 is 40.9. The Kier molecular flexibility index (Phi) is 9.98. The molecule has 2 aromatic heterocycles. The highest BCUT2D eigenvalue weighted by atomic mass is 31.1. The molecule has 1 fully saturated rings. The highest BCUT2D eigenvalue weighted by Crippen LogP contribution is 2.36. The second-order valence-corrected chi connectivity index (χ2v) is 10.1. The second kappa shape index (κ2) is 13.0. The van der Waals surface area contributed by atoms with Gasteiger partial charge in [0, 0.05) is 21.0 Å². The Morgan fingerprint density at radius 3 is 2.56 bits per heavy atom. The summed E-state index contributed by atoms with van der Waals surface area (Å²) in [5.74, 6) is -1.72. The quantitative estimate of drug-likeness (QED) is 0.187. The molecule has 39 heavy (non-hydrogen) atoms. The number of rotatable bonds is 14. The van der Waals surface area contributed by atoms with Gasteiger partial charge >= 0.3 is 17.9 Å². The summed E-state index contributed by atoms with van der Waals surface area (Å²) in [6, 6.07) is 3.99. The third-order valence-electron chi connectivity index (χ3n) is 5.94. The van der Waals surface area contributed by atoms with Crippen molar-refractivity contribution in [2.45, 2.75) is 57.5 Å². The van der Waals surface area contributed by atoms with E-state index in [4.69, 9.17) is 29.2 Å². The summed E-state index contributed by atoms with van der Waals surface area (Å²) >= 11 is 0. The van der Waals surface area contributed by atoms with Crippen LogP contribution >= 0.6 is 8.18 Å². The number of nitrogen functional groups attached to an aromatic ring is 1. The SMILES string of the molecule is CO[C@](C#N)(CO[PH](=O)N[C@@H](C)C(=O)OCC1CC1)[C@@H](OC(C)=O)[C@@H](OC(C)=O)c1ccc2c(N)ncnn12. The molecule has 2 heterocycles. The van der Waals surface area contributed by atoms with E-state index in [2.05, 4.69) is 15.2 Å². The number of ether oxygens (including phenoxy) is 4. The van der Waals surface area contributed by atoms with Crippen molar-refractivity contribution in [2.75, 3.05) is 26.1 Å². The Bertz CT molecular complexity index is 1280. The van der Waals surface area contributed by atoms with Gasteiger partial charge in [0.05, 0.1) is 12.3 Å². The lowest BCUT2D eigenvalue weighted by Gasteiger charge is -2.36. The highest BCUT2D eigenvalue weighted by molar-refractivity contribution is 7.36. The van der Waals surface area contributed by atoms with Crippen LogP contribution in [0.15, 0.2) is 18.5 Å². The van der Waals surface area contributed by atoms with Crippen LogP contribution in [0.4, 0.5) is 5.82 Å². The molecule has 3 rings (SSSR count). The number of nitrogens with zero attached hydrogens (tertiary/aromatic N) is 4. The minimum absolute atomic E-state index is 0.123. The van der Waals surface area contributed by atoms with Crippen LogP contribution in [0, 0.1) is 17.2 Å². The van der Waals surface area contributed by atoms with Gasteiger partial charge < -0.3 is 29.2 Å². The number of anilines is 1. The number of aromatic nitrogens is 3. The molecule has 0 saturated heterocycles. The predicted molar refractivity (Wildman–Crippen MR) is 134 cm³/mol. The molecular weight excluding hydrogens is 535 g/mol. The van der Waals surface area contributed by atoms with E-state index < -0.39 is 56.5 Å². The number of nitrogens with one attached hydrogen (secondary N) is 1. The molecule has 0 aromatic carbocycles. The molecule has 0 aliphatic heterocycles. The number of hydrogen-bond acceptors (Lipinski definition) is 13. The first-order valence-electron chi connectivity index (χ1n) is 12.0. The highest BCUT2D eigenvalue weighted by Gasteiger charge is 2.51. The summed E-state index contributed by atoms with van der Waals surface area (Å²) in [6.07, 6.45) is 0.0960. The topological polar surface area (TPSA) is 206 Å². The minimum atomic E-state index is -3.13. The lowest BCUT2D eigenvalue weighted by molar-refractivity contribution is -0.191. The average Bonchev–Trinajstić information content (AvgIpc) is 3.62. The van der Waals surface area contributed by atoms with Crippen molar-refractivity contribution in [2.24, 2.45) is 5.92 Å².